The molecule has 0 aromatic heterocycles. The number of rotatable bonds is 2. The lowest BCUT2D eigenvalue weighted by Crippen LogP contribution is -1.98. The predicted octanol–water partition coefficient (Wildman–Crippen LogP) is 0.955. The van der Waals surface area contributed by atoms with Crippen LogP contribution in [0.4, 0.5) is 0 Å². The maximum Gasteiger partial charge on any atom is 0.293 e. The third-order valence-corrected chi connectivity index (χ3v) is 0.328. The Labute approximate surface area is 62.0 Å². The van der Waals surface area contributed by atoms with Gasteiger partial charge in [0.05, 0.1) is 6.10 Å². The fourth-order valence-corrected chi connectivity index (χ4v) is 0.111. The van der Waals surface area contributed by atoms with Crippen LogP contribution in [0.15, 0.2) is 0 Å². The number of ether oxygens (including phenoxy) is 1. The highest BCUT2D eigenvalue weighted by molar-refractivity contribution is 5.37. The zero-order valence-corrected chi connectivity index (χ0v) is 7.00. The molecule has 0 saturated heterocycles. The predicted molar refractivity (Wildman–Crippen MR) is 39.6 cm³/mol. The molecule has 1 N–H and O–H groups in total. The molecule has 0 fully saturated rings. The minimum atomic E-state index is -0.167. The fourth-order valence-electron chi connectivity index (χ4n) is 0.111. The van der Waals surface area contributed by atoms with E-state index < -0.39 is 0 Å². The van der Waals surface area contributed by atoms with Crippen molar-refractivity contribution >= 4 is 6.47 Å². The molecule has 62 valence electrons. The summed E-state index contributed by atoms with van der Waals surface area (Å²) in [6, 6.07) is 0. The van der Waals surface area contributed by atoms with Crippen LogP contribution in [0.25, 0.3) is 0 Å². The van der Waals surface area contributed by atoms with Crippen molar-refractivity contribution in [3.05, 3.63) is 0 Å². The highest BCUT2D eigenvalue weighted by atomic mass is 16.5. The average molecular weight is 148 g/mol. The Morgan fingerprint density at radius 2 is 1.60 bits per heavy atom. The van der Waals surface area contributed by atoms with Crippen molar-refractivity contribution in [3.8, 4) is 0 Å². The third-order valence-electron chi connectivity index (χ3n) is 0.328. The molecule has 0 aliphatic carbocycles. The number of carbonyl (C=O) groups excluding carboxylic acids is 1. The lowest BCUT2D eigenvalue weighted by molar-refractivity contribution is -0.131. The van der Waals surface area contributed by atoms with Crippen molar-refractivity contribution in [2.45, 2.75) is 39.9 Å². The molecule has 0 amide bonds. The van der Waals surface area contributed by atoms with Crippen LogP contribution in [-0.2, 0) is 9.53 Å². The quantitative estimate of drug-likeness (QED) is 0.593. The molecule has 0 aliphatic heterocycles. The van der Waals surface area contributed by atoms with Gasteiger partial charge in [0.25, 0.3) is 6.47 Å². The number of hydrogen-bond donors (Lipinski definition) is 1. The highest BCUT2D eigenvalue weighted by Gasteiger charge is 1.83. The van der Waals surface area contributed by atoms with Crippen molar-refractivity contribution in [3.63, 3.8) is 0 Å². The van der Waals surface area contributed by atoms with Crippen molar-refractivity contribution in [2.24, 2.45) is 0 Å². The van der Waals surface area contributed by atoms with Crippen LogP contribution in [0.2, 0.25) is 0 Å². The van der Waals surface area contributed by atoms with Crippen molar-refractivity contribution < 1.29 is 14.6 Å². The van der Waals surface area contributed by atoms with Gasteiger partial charge >= 0.3 is 0 Å². The van der Waals surface area contributed by atoms with E-state index in [1.54, 1.807) is 27.7 Å². The van der Waals surface area contributed by atoms with Gasteiger partial charge in [-0.3, -0.25) is 4.79 Å². The summed E-state index contributed by atoms with van der Waals surface area (Å²) in [4.78, 5) is 9.39. The first-order chi connectivity index (χ1) is 4.50. The van der Waals surface area contributed by atoms with Gasteiger partial charge in [0, 0.05) is 6.10 Å². The van der Waals surface area contributed by atoms with E-state index in [1.807, 2.05) is 0 Å². The topological polar surface area (TPSA) is 46.5 Å². The van der Waals surface area contributed by atoms with E-state index in [1.165, 1.54) is 0 Å². The summed E-state index contributed by atoms with van der Waals surface area (Å²) in [6.45, 7) is 7.49. The van der Waals surface area contributed by atoms with Gasteiger partial charge in [0.15, 0.2) is 0 Å². The van der Waals surface area contributed by atoms with Crippen molar-refractivity contribution in [1.82, 2.24) is 0 Å². The van der Waals surface area contributed by atoms with Gasteiger partial charge in [-0.25, -0.2) is 0 Å². The second kappa shape index (κ2) is 8.43. The number of hydrogen-bond acceptors (Lipinski definition) is 3. The minimum Gasteiger partial charge on any atom is -0.465 e. The van der Waals surface area contributed by atoms with Gasteiger partial charge in [-0.2, -0.15) is 0 Å². The average Bonchev–Trinajstić information content (AvgIpc) is 1.62. The van der Waals surface area contributed by atoms with Crippen LogP contribution in [-0.4, -0.2) is 23.8 Å². The molecule has 10 heavy (non-hydrogen) atoms. The summed E-state index contributed by atoms with van der Waals surface area (Å²) in [5, 5.41) is 8.06. The van der Waals surface area contributed by atoms with Gasteiger partial charge < -0.3 is 9.84 Å². The van der Waals surface area contributed by atoms with Gasteiger partial charge in [-0.15, -0.1) is 0 Å². The molecular formula is C7H16O3. The first-order valence-electron chi connectivity index (χ1n) is 3.27. The Balaban J connectivity index is 0. The number of aliphatic hydroxyl groups is 1. The van der Waals surface area contributed by atoms with Gasteiger partial charge in [0.1, 0.15) is 0 Å². The first kappa shape index (κ1) is 12.1. The van der Waals surface area contributed by atoms with E-state index in [-0.39, 0.29) is 12.2 Å². The highest BCUT2D eigenvalue weighted by Crippen LogP contribution is 1.79. The van der Waals surface area contributed by atoms with Crippen LogP contribution in [0.1, 0.15) is 27.7 Å². The first-order valence-corrected chi connectivity index (χ1v) is 3.27. The van der Waals surface area contributed by atoms with E-state index in [4.69, 9.17) is 5.11 Å². The summed E-state index contributed by atoms with van der Waals surface area (Å²) >= 11 is 0. The SMILES string of the molecule is CC(C)O.CC(C)OC=O. The van der Waals surface area contributed by atoms with Crippen molar-refractivity contribution in [1.29, 1.82) is 0 Å². The van der Waals surface area contributed by atoms with E-state index in [9.17, 15) is 4.79 Å². The Morgan fingerprint density at radius 3 is 1.60 bits per heavy atom. The minimum absolute atomic E-state index is 0.0301. The number of carbonyl (C=O) groups is 1. The largest absolute Gasteiger partial charge is 0.465 e. The second-order valence-electron chi connectivity index (χ2n) is 2.37. The smallest absolute Gasteiger partial charge is 0.293 e. The summed E-state index contributed by atoms with van der Waals surface area (Å²) in [5.41, 5.74) is 0. The molecule has 0 rings (SSSR count). The van der Waals surface area contributed by atoms with E-state index in [0.29, 0.717) is 6.47 Å². The Hall–Kier alpha value is -0.570. The van der Waals surface area contributed by atoms with E-state index in [0.717, 1.165) is 0 Å². The molecule has 0 radical (unpaired) electrons. The molecule has 3 nitrogen and oxygen atoms in total. The zero-order valence-electron chi connectivity index (χ0n) is 7.00. The molecule has 0 aromatic rings. The molecule has 0 saturated carbocycles. The van der Waals surface area contributed by atoms with Crippen LogP contribution in [0.5, 0.6) is 0 Å². The molecule has 0 aromatic carbocycles. The Morgan fingerprint density at radius 1 is 1.30 bits per heavy atom. The summed E-state index contributed by atoms with van der Waals surface area (Å²) in [7, 11) is 0. The van der Waals surface area contributed by atoms with Crippen molar-refractivity contribution in [2.75, 3.05) is 0 Å². The molecule has 0 atom stereocenters. The molecular weight excluding hydrogens is 132 g/mol. The normalized spacial score (nSPS) is 8.70. The molecule has 0 unspecified atom stereocenters. The number of aliphatic hydroxyl groups excluding tert-OH is 1. The van der Waals surface area contributed by atoms with Gasteiger partial charge in [-0.05, 0) is 27.7 Å². The lowest BCUT2D eigenvalue weighted by atomic mass is 10.5. The van der Waals surface area contributed by atoms with Gasteiger partial charge in [-0.1, -0.05) is 0 Å². The Bertz CT molecular complexity index is 66.5. The third kappa shape index (κ3) is 52.0. The van der Waals surface area contributed by atoms with Crippen LogP contribution in [0.3, 0.4) is 0 Å². The van der Waals surface area contributed by atoms with E-state index in [2.05, 4.69) is 4.74 Å². The second-order valence-corrected chi connectivity index (χ2v) is 2.37. The Kier molecular flexibility index (Phi) is 10.2. The lowest BCUT2D eigenvalue weighted by Gasteiger charge is -1.96. The maximum absolute atomic E-state index is 9.39. The van der Waals surface area contributed by atoms with Crippen LogP contribution >= 0.6 is 0 Å². The monoisotopic (exact) mass is 148 g/mol. The summed E-state index contributed by atoms with van der Waals surface area (Å²) in [6.07, 6.45) is -0.137. The van der Waals surface area contributed by atoms with E-state index >= 15 is 0 Å². The molecule has 0 heterocycles. The summed E-state index contributed by atoms with van der Waals surface area (Å²) < 4.78 is 4.36. The standard InChI is InChI=1S/C4H8O2.C3H8O/c1-4(2)6-3-5;1-3(2)4/h3-4H,1-2H3;3-4H,1-2H3. The van der Waals surface area contributed by atoms with Crippen LogP contribution in [0, 0.1) is 0 Å². The molecule has 0 bridgehead atoms. The van der Waals surface area contributed by atoms with Gasteiger partial charge in [0.2, 0.25) is 0 Å². The van der Waals surface area contributed by atoms with Crippen LogP contribution < -0.4 is 0 Å². The molecule has 0 spiro atoms. The zero-order chi connectivity index (χ0) is 8.57. The summed E-state index contributed by atoms with van der Waals surface area (Å²) in [5.74, 6) is 0. The molecule has 0 aliphatic rings. The molecule has 3 heteroatoms. The fraction of sp³-hybridized carbons (Fsp3) is 0.857. The maximum atomic E-state index is 9.39.